The van der Waals surface area contributed by atoms with Crippen molar-refractivity contribution < 1.29 is 0 Å². The lowest BCUT2D eigenvalue weighted by atomic mass is 10.00. The molecule has 106 valence electrons. The Morgan fingerprint density at radius 3 is 2.33 bits per heavy atom. The minimum absolute atomic E-state index is 0.784. The first-order valence-corrected chi connectivity index (χ1v) is 7.78. The van der Waals surface area contributed by atoms with Crippen molar-refractivity contribution in [3.8, 4) is 0 Å². The number of hydrogen-bond donors (Lipinski definition) is 1. The second-order valence-corrected chi connectivity index (χ2v) is 6.72. The smallest absolute Gasteiger partial charge is 0.0220 e. The molecule has 2 fully saturated rings. The molecule has 0 radical (unpaired) electrons. The summed E-state index contributed by atoms with van der Waals surface area (Å²) in [6, 6.07) is 0.797. The molecule has 3 atom stereocenters. The Balaban J connectivity index is 1.87. The van der Waals surface area contributed by atoms with E-state index in [-0.39, 0.29) is 0 Å². The maximum absolute atomic E-state index is 3.58. The minimum Gasteiger partial charge on any atom is -0.316 e. The van der Waals surface area contributed by atoms with Crippen molar-refractivity contribution in [1.29, 1.82) is 0 Å². The van der Waals surface area contributed by atoms with Gasteiger partial charge >= 0.3 is 0 Å². The van der Waals surface area contributed by atoms with Crippen LogP contribution in [0.1, 0.15) is 33.1 Å². The van der Waals surface area contributed by atoms with Gasteiger partial charge in [-0.15, -0.1) is 0 Å². The van der Waals surface area contributed by atoms with Crippen LogP contribution in [-0.2, 0) is 0 Å². The van der Waals surface area contributed by atoms with Gasteiger partial charge in [-0.25, -0.2) is 0 Å². The second kappa shape index (κ2) is 6.88. The third-order valence-electron chi connectivity index (χ3n) is 4.52. The number of hydrogen-bond acceptors (Lipinski definition) is 3. The van der Waals surface area contributed by atoms with E-state index in [1.54, 1.807) is 0 Å². The summed E-state index contributed by atoms with van der Waals surface area (Å²) >= 11 is 0. The third-order valence-corrected chi connectivity index (χ3v) is 4.52. The Labute approximate surface area is 113 Å². The number of nitrogens with one attached hydrogen (secondary N) is 1. The zero-order chi connectivity index (χ0) is 13.0. The van der Waals surface area contributed by atoms with Gasteiger partial charge in [0, 0.05) is 25.7 Å². The molecule has 0 bridgehead atoms. The Hall–Kier alpha value is -0.120. The normalized spacial score (nSPS) is 37.2. The highest BCUT2D eigenvalue weighted by atomic mass is 15.2. The first kappa shape index (κ1) is 14.3. The van der Waals surface area contributed by atoms with E-state index in [0.29, 0.717) is 0 Å². The van der Waals surface area contributed by atoms with Crippen LogP contribution in [-0.4, -0.2) is 62.2 Å². The fraction of sp³-hybridized carbons (Fsp3) is 1.00. The molecule has 18 heavy (non-hydrogen) atoms. The molecule has 2 rings (SSSR count). The van der Waals surface area contributed by atoms with Crippen LogP contribution >= 0.6 is 0 Å². The molecule has 2 aliphatic heterocycles. The van der Waals surface area contributed by atoms with Crippen LogP contribution in [0.25, 0.3) is 0 Å². The fourth-order valence-electron chi connectivity index (χ4n) is 3.48. The summed E-state index contributed by atoms with van der Waals surface area (Å²) in [4.78, 5) is 5.30. The number of piperidine rings is 1. The lowest BCUT2D eigenvalue weighted by molar-refractivity contribution is 0.104. The minimum atomic E-state index is 0.784. The van der Waals surface area contributed by atoms with Crippen molar-refractivity contribution in [2.24, 2.45) is 11.8 Å². The van der Waals surface area contributed by atoms with E-state index in [2.05, 4.69) is 36.0 Å². The fourth-order valence-corrected chi connectivity index (χ4v) is 3.48. The van der Waals surface area contributed by atoms with Crippen LogP contribution < -0.4 is 5.32 Å². The summed E-state index contributed by atoms with van der Waals surface area (Å²) in [6.45, 7) is 12.2. The average Bonchev–Trinajstić information content (AvgIpc) is 2.30. The van der Waals surface area contributed by atoms with E-state index in [1.165, 1.54) is 58.5 Å². The van der Waals surface area contributed by atoms with Crippen LogP contribution in [0.5, 0.6) is 0 Å². The summed E-state index contributed by atoms with van der Waals surface area (Å²) in [7, 11) is 2.31. The predicted molar refractivity (Wildman–Crippen MR) is 77.9 cm³/mol. The maximum Gasteiger partial charge on any atom is 0.0220 e. The molecule has 3 heteroatoms. The zero-order valence-electron chi connectivity index (χ0n) is 12.5. The molecule has 3 unspecified atom stereocenters. The SMILES string of the molecule is CC1CNCC(C)CN(CC2CCCCN2C)C1. The summed E-state index contributed by atoms with van der Waals surface area (Å²) in [5.41, 5.74) is 0. The van der Waals surface area contributed by atoms with Crippen molar-refractivity contribution in [3.05, 3.63) is 0 Å². The van der Waals surface area contributed by atoms with E-state index < -0.39 is 0 Å². The Kier molecular flexibility index (Phi) is 5.46. The molecule has 0 aromatic carbocycles. The van der Waals surface area contributed by atoms with Gasteiger partial charge in [0.25, 0.3) is 0 Å². The summed E-state index contributed by atoms with van der Waals surface area (Å²) in [5.74, 6) is 1.57. The van der Waals surface area contributed by atoms with Gasteiger partial charge in [-0.2, -0.15) is 0 Å². The molecular formula is C15H31N3. The van der Waals surface area contributed by atoms with E-state index in [1.807, 2.05) is 0 Å². The molecule has 2 aliphatic rings. The van der Waals surface area contributed by atoms with E-state index >= 15 is 0 Å². The zero-order valence-corrected chi connectivity index (χ0v) is 12.5. The lowest BCUT2D eigenvalue weighted by Gasteiger charge is -2.39. The third kappa shape index (κ3) is 4.22. The highest BCUT2D eigenvalue weighted by Gasteiger charge is 2.24. The van der Waals surface area contributed by atoms with Crippen molar-refractivity contribution >= 4 is 0 Å². The van der Waals surface area contributed by atoms with Crippen molar-refractivity contribution in [2.75, 3.05) is 46.3 Å². The number of likely N-dealkylation sites (tertiary alicyclic amines) is 1. The molecule has 2 saturated heterocycles. The van der Waals surface area contributed by atoms with Gasteiger partial charge in [0.15, 0.2) is 0 Å². The number of nitrogens with zero attached hydrogens (tertiary/aromatic N) is 2. The summed E-state index contributed by atoms with van der Waals surface area (Å²) in [5, 5.41) is 3.58. The maximum atomic E-state index is 3.58. The van der Waals surface area contributed by atoms with Gasteiger partial charge in [-0.05, 0) is 51.4 Å². The largest absolute Gasteiger partial charge is 0.316 e. The van der Waals surface area contributed by atoms with Crippen molar-refractivity contribution in [2.45, 2.75) is 39.2 Å². The molecule has 2 heterocycles. The van der Waals surface area contributed by atoms with Crippen LogP contribution in [0.4, 0.5) is 0 Å². The molecule has 0 aliphatic carbocycles. The summed E-state index contributed by atoms with van der Waals surface area (Å²) in [6.07, 6.45) is 4.22. The standard InChI is InChI=1S/C15H31N3/c1-13-8-16-9-14(2)11-18(10-13)12-15-6-4-5-7-17(15)3/h13-16H,4-12H2,1-3H3. The van der Waals surface area contributed by atoms with E-state index in [4.69, 9.17) is 0 Å². The summed E-state index contributed by atoms with van der Waals surface area (Å²) < 4.78 is 0. The van der Waals surface area contributed by atoms with Crippen LogP contribution in [0.2, 0.25) is 0 Å². The number of rotatable bonds is 2. The Morgan fingerprint density at radius 1 is 1.06 bits per heavy atom. The second-order valence-electron chi connectivity index (χ2n) is 6.72. The van der Waals surface area contributed by atoms with Gasteiger partial charge in [0.2, 0.25) is 0 Å². The van der Waals surface area contributed by atoms with E-state index in [0.717, 1.165) is 17.9 Å². The molecule has 0 aromatic heterocycles. The predicted octanol–water partition coefficient (Wildman–Crippen LogP) is 1.65. The van der Waals surface area contributed by atoms with Gasteiger partial charge in [-0.3, -0.25) is 0 Å². The molecule has 0 aromatic rings. The van der Waals surface area contributed by atoms with Gasteiger partial charge in [0.05, 0.1) is 0 Å². The topological polar surface area (TPSA) is 18.5 Å². The quantitative estimate of drug-likeness (QED) is 0.807. The highest BCUT2D eigenvalue weighted by Crippen LogP contribution is 2.17. The van der Waals surface area contributed by atoms with Crippen LogP contribution in [0.3, 0.4) is 0 Å². The average molecular weight is 253 g/mol. The molecular weight excluding hydrogens is 222 g/mol. The monoisotopic (exact) mass is 253 g/mol. The Morgan fingerprint density at radius 2 is 1.72 bits per heavy atom. The highest BCUT2D eigenvalue weighted by molar-refractivity contribution is 4.81. The van der Waals surface area contributed by atoms with E-state index in [9.17, 15) is 0 Å². The first-order chi connectivity index (χ1) is 8.65. The van der Waals surface area contributed by atoms with Crippen molar-refractivity contribution in [1.82, 2.24) is 15.1 Å². The number of likely N-dealkylation sites (N-methyl/N-ethyl adjacent to an activating group) is 1. The van der Waals surface area contributed by atoms with Gasteiger partial charge in [-0.1, -0.05) is 20.3 Å². The van der Waals surface area contributed by atoms with Crippen LogP contribution in [0, 0.1) is 11.8 Å². The molecule has 3 nitrogen and oxygen atoms in total. The molecule has 1 N–H and O–H groups in total. The van der Waals surface area contributed by atoms with Gasteiger partial charge in [0.1, 0.15) is 0 Å². The first-order valence-electron chi connectivity index (χ1n) is 7.78. The van der Waals surface area contributed by atoms with Crippen LogP contribution in [0.15, 0.2) is 0 Å². The Bertz CT molecular complexity index is 232. The lowest BCUT2D eigenvalue weighted by Crippen LogP contribution is -2.49. The molecule has 0 amide bonds. The van der Waals surface area contributed by atoms with Gasteiger partial charge < -0.3 is 15.1 Å². The molecule has 0 spiro atoms. The van der Waals surface area contributed by atoms with Crippen molar-refractivity contribution in [3.63, 3.8) is 0 Å². The molecule has 0 saturated carbocycles.